The lowest BCUT2D eigenvalue weighted by molar-refractivity contribution is 0.171. The number of nitrogens with zero attached hydrogens (tertiary/aromatic N) is 3. The molecule has 2 aromatic carbocycles. The smallest absolute Gasteiger partial charge is 0.292 e. The van der Waals surface area contributed by atoms with E-state index in [-0.39, 0.29) is 16.6 Å². The summed E-state index contributed by atoms with van der Waals surface area (Å²) in [7, 11) is 0. The van der Waals surface area contributed by atoms with E-state index in [2.05, 4.69) is 16.1 Å². The number of anilines is 1. The van der Waals surface area contributed by atoms with Gasteiger partial charge in [-0.3, -0.25) is 4.79 Å². The van der Waals surface area contributed by atoms with Crippen LogP contribution in [0.2, 0.25) is 5.02 Å². The van der Waals surface area contributed by atoms with Gasteiger partial charge in [0.25, 0.3) is 5.56 Å². The minimum Gasteiger partial charge on any atom is -0.486 e. The molecule has 0 amide bonds. The highest BCUT2D eigenvalue weighted by Gasteiger charge is 2.30. The van der Waals surface area contributed by atoms with E-state index >= 15 is 0 Å². The van der Waals surface area contributed by atoms with Gasteiger partial charge in [0.05, 0.1) is 23.6 Å². The summed E-state index contributed by atoms with van der Waals surface area (Å²) in [6, 6.07) is 15.4. The van der Waals surface area contributed by atoms with Crippen LogP contribution in [-0.2, 0) is 0 Å². The van der Waals surface area contributed by atoms with Crippen LogP contribution in [-0.4, -0.2) is 29.5 Å². The molecule has 2 aliphatic rings. The molecule has 1 atom stereocenters. The summed E-state index contributed by atoms with van der Waals surface area (Å²) in [5.41, 5.74) is 2.16. The maximum absolute atomic E-state index is 12.9. The van der Waals surface area contributed by atoms with Gasteiger partial charge in [0.1, 0.15) is 18.2 Å². The molecule has 5 rings (SSSR count). The summed E-state index contributed by atoms with van der Waals surface area (Å²) < 4.78 is 12.7. The Bertz CT molecular complexity index is 1100. The van der Waals surface area contributed by atoms with Gasteiger partial charge in [0.15, 0.2) is 11.5 Å². The minimum atomic E-state index is -0.316. The number of benzene rings is 2. The molecular weight excluding hydrogens is 390 g/mol. The highest BCUT2D eigenvalue weighted by molar-refractivity contribution is 6.33. The van der Waals surface area contributed by atoms with Crippen molar-refractivity contribution in [2.45, 2.75) is 18.9 Å². The van der Waals surface area contributed by atoms with E-state index in [9.17, 15) is 4.79 Å². The molecule has 0 unspecified atom stereocenters. The number of halogens is 1. The lowest BCUT2D eigenvalue weighted by atomic mass is 10.0. The topological polar surface area (TPSA) is 56.6 Å². The van der Waals surface area contributed by atoms with E-state index in [1.54, 1.807) is 6.20 Å². The summed E-state index contributed by atoms with van der Waals surface area (Å²) in [6.45, 7) is 1.94. The highest BCUT2D eigenvalue weighted by Crippen LogP contribution is 2.41. The first-order valence-electron chi connectivity index (χ1n) is 9.72. The normalized spacial score (nSPS) is 18.1. The van der Waals surface area contributed by atoms with Crippen molar-refractivity contribution in [2.75, 3.05) is 24.7 Å². The van der Waals surface area contributed by atoms with E-state index in [1.807, 2.05) is 42.5 Å². The van der Waals surface area contributed by atoms with Gasteiger partial charge in [0, 0.05) is 6.54 Å². The number of hydrogen-bond acceptors (Lipinski definition) is 5. The molecule has 29 heavy (non-hydrogen) atoms. The molecule has 0 spiro atoms. The van der Waals surface area contributed by atoms with Crippen LogP contribution in [0.5, 0.6) is 11.5 Å². The van der Waals surface area contributed by atoms with Gasteiger partial charge < -0.3 is 14.4 Å². The lowest BCUT2D eigenvalue weighted by Crippen LogP contribution is -2.28. The Kier molecular flexibility index (Phi) is 4.64. The zero-order valence-corrected chi connectivity index (χ0v) is 16.5. The number of fused-ring (bicyclic) bond motifs is 1. The van der Waals surface area contributed by atoms with Crippen molar-refractivity contribution in [3.8, 4) is 17.2 Å². The van der Waals surface area contributed by atoms with Crippen molar-refractivity contribution < 1.29 is 9.47 Å². The van der Waals surface area contributed by atoms with Gasteiger partial charge in [-0.05, 0) is 42.7 Å². The second-order valence-corrected chi connectivity index (χ2v) is 7.53. The summed E-state index contributed by atoms with van der Waals surface area (Å²) >= 11 is 6.54. The summed E-state index contributed by atoms with van der Waals surface area (Å²) in [4.78, 5) is 15.1. The van der Waals surface area contributed by atoms with Crippen molar-refractivity contribution in [2.24, 2.45) is 0 Å². The Hall–Kier alpha value is -2.99. The van der Waals surface area contributed by atoms with Crippen LogP contribution in [0.25, 0.3) is 5.69 Å². The first-order valence-corrected chi connectivity index (χ1v) is 10.1. The average Bonchev–Trinajstić information content (AvgIpc) is 3.25. The third-order valence-electron chi connectivity index (χ3n) is 5.41. The van der Waals surface area contributed by atoms with Crippen LogP contribution in [0, 0.1) is 0 Å². The van der Waals surface area contributed by atoms with Gasteiger partial charge in [0.2, 0.25) is 0 Å². The van der Waals surface area contributed by atoms with Gasteiger partial charge in [-0.2, -0.15) is 9.78 Å². The molecule has 0 aliphatic carbocycles. The Labute approximate surface area is 173 Å². The fourth-order valence-corrected chi connectivity index (χ4v) is 4.28. The molecule has 0 saturated carbocycles. The monoisotopic (exact) mass is 409 g/mol. The molecule has 0 bridgehead atoms. The number of hydrogen-bond donors (Lipinski definition) is 0. The summed E-state index contributed by atoms with van der Waals surface area (Å²) in [5, 5.41) is 4.57. The SMILES string of the molecule is O=c1c(Cl)c(N2CCC[C@@H]2c2ccc3c(c2)OCCO3)cnn1-c1ccccc1. The fourth-order valence-electron chi connectivity index (χ4n) is 4.05. The van der Waals surface area contributed by atoms with E-state index in [4.69, 9.17) is 21.1 Å². The zero-order valence-electron chi connectivity index (χ0n) is 15.8. The molecule has 2 aliphatic heterocycles. The zero-order chi connectivity index (χ0) is 19.8. The Morgan fingerprint density at radius 1 is 1.03 bits per heavy atom. The molecular formula is C22H20ClN3O3. The van der Waals surface area contributed by atoms with Gasteiger partial charge in [-0.1, -0.05) is 35.9 Å². The third-order valence-corrected chi connectivity index (χ3v) is 5.77. The van der Waals surface area contributed by atoms with E-state index in [1.165, 1.54) is 4.68 Å². The molecule has 0 N–H and O–H groups in total. The second-order valence-electron chi connectivity index (χ2n) is 7.15. The van der Waals surface area contributed by atoms with Crippen molar-refractivity contribution in [3.05, 3.63) is 75.7 Å². The van der Waals surface area contributed by atoms with E-state index in [0.717, 1.165) is 36.4 Å². The van der Waals surface area contributed by atoms with Gasteiger partial charge >= 0.3 is 0 Å². The van der Waals surface area contributed by atoms with Crippen LogP contribution in [0.1, 0.15) is 24.4 Å². The van der Waals surface area contributed by atoms with Crippen molar-refractivity contribution in [1.29, 1.82) is 0 Å². The number of ether oxygens (including phenoxy) is 2. The van der Waals surface area contributed by atoms with Crippen molar-refractivity contribution >= 4 is 17.3 Å². The molecule has 1 fully saturated rings. The molecule has 3 aromatic rings. The Morgan fingerprint density at radius 2 is 1.83 bits per heavy atom. The van der Waals surface area contributed by atoms with Crippen molar-refractivity contribution in [3.63, 3.8) is 0 Å². The Morgan fingerprint density at radius 3 is 2.66 bits per heavy atom. The molecule has 7 heteroatoms. The molecule has 6 nitrogen and oxygen atoms in total. The molecule has 0 radical (unpaired) electrons. The number of para-hydroxylation sites is 1. The van der Waals surface area contributed by atoms with Crippen LogP contribution < -0.4 is 19.9 Å². The molecule has 1 saturated heterocycles. The van der Waals surface area contributed by atoms with Crippen LogP contribution in [0.4, 0.5) is 5.69 Å². The number of rotatable bonds is 3. The van der Waals surface area contributed by atoms with Crippen LogP contribution >= 0.6 is 11.6 Å². The maximum atomic E-state index is 12.9. The van der Waals surface area contributed by atoms with Crippen LogP contribution in [0.15, 0.2) is 59.5 Å². The summed E-state index contributed by atoms with van der Waals surface area (Å²) in [6.07, 6.45) is 3.67. The number of aromatic nitrogens is 2. The first-order chi connectivity index (χ1) is 14.2. The maximum Gasteiger partial charge on any atom is 0.292 e. The quantitative estimate of drug-likeness (QED) is 0.654. The van der Waals surface area contributed by atoms with Gasteiger partial charge in [-0.25, -0.2) is 0 Å². The predicted octanol–water partition coefficient (Wildman–Crippen LogP) is 4.00. The summed E-state index contributed by atoms with van der Waals surface area (Å²) in [5.74, 6) is 1.54. The van der Waals surface area contributed by atoms with E-state index in [0.29, 0.717) is 24.6 Å². The lowest BCUT2D eigenvalue weighted by Gasteiger charge is -2.28. The Balaban J connectivity index is 1.50. The fraction of sp³-hybridized carbons (Fsp3) is 0.273. The third kappa shape index (κ3) is 3.23. The first kappa shape index (κ1) is 18.1. The largest absolute Gasteiger partial charge is 0.486 e. The molecule has 3 heterocycles. The predicted molar refractivity (Wildman–Crippen MR) is 112 cm³/mol. The molecule has 148 valence electrons. The van der Waals surface area contributed by atoms with Crippen LogP contribution in [0.3, 0.4) is 0 Å². The minimum absolute atomic E-state index is 0.108. The average molecular weight is 410 g/mol. The second kappa shape index (κ2) is 7.44. The van der Waals surface area contributed by atoms with Gasteiger partial charge in [-0.15, -0.1) is 0 Å². The highest BCUT2D eigenvalue weighted by atomic mass is 35.5. The van der Waals surface area contributed by atoms with E-state index < -0.39 is 0 Å². The molecule has 1 aromatic heterocycles. The standard InChI is InChI=1S/C22H20ClN3O3/c23-21-18(14-24-26(22(21)27)16-5-2-1-3-6-16)25-10-4-7-17(25)15-8-9-19-20(13-15)29-12-11-28-19/h1-3,5-6,8-9,13-14,17H,4,7,10-12H2/t17-/m1/s1. The van der Waals surface area contributed by atoms with Crippen molar-refractivity contribution in [1.82, 2.24) is 9.78 Å².